The van der Waals surface area contributed by atoms with Crippen LogP contribution in [0.3, 0.4) is 0 Å². The Balaban J connectivity index is 2.72. The minimum Gasteiger partial charge on any atom is -0.489 e. The quantitative estimate of drug-likeness (QED) is 0.798. The Morgan fingerprint density at radius 3 is 2.16 bits per heavy atom. The molecule has 1 aromatic rings. The third-order valence-electron chi connectivity index (χ3n) is 4.22. The van der Waals surface area contributed by atoms with E-state index in [9.17, 15) is 0 Å². The zero-order valence-electron chi connectivity index (χ0n) is 13.3. The number of likely N-dealkylation sites (N-methyl/N-ethyl adjacent to an activating group) is 1. The summed E-state index contributed by atoms with van der Waals surface area (Å²) in [6.45, 7) is 11.1. The summed E-state index contributed by atoms with van der Waals surface area (Å²) >= 11 is 0. The normalized spacial score (nSPS) is 15.1. The maximum Gasteiger partial charge on any atom is 0.119 e. The maximum atomic E-state index is 6.00. The second kappa shape index (κ2) is 6.95. The molecule has 0 bridgehead atoms. The van der Waals surface area contributed by atoms with Gasteiger partial charge < -0.3 is 10.1 Å². The molecule has 0 aliphatic carbocycles. The first-order valence-electron chi connectivity index (χ1n) is 7.39. The molecule has 1 rings (SSSR count). The number of nitrogens with one attached hydrogen (secondary N) is 1. The molecule has 108 valence electrons. The van der Waals surface area contributed by atoms with E-state index >= 15 is 0 Å². The van der Waals surface area contributed by atoms with Gasteiger partial charge in [0.15, 0.2) is 0 Å². The highest BCUT2D eigenvalue weighted by Gasteiger charge is 2.18. The van der Waals surface area contributed by atoms with Crippen molar-refractivity contribution in [3.8, 4) is 5.75 Å². The van der Waals surface area contributed by atoms with Crippen molar-refractivity contribution in [3.05, 3.63) is 29.8 Å². The molecule has 0 saturated carbocycles. The van der Waals surface area contributed by atoms with Gasteiger partial charge in [-0.3, -0.25) is 0 Å². The Hall–Kier alpha value is -1.02. The van der Waals surface area contributed by atoms with Crippen molar-refractivity contribution in [3.63, 3.8) is 0 Å². The monoisotopic (exact) mass is 263 g/mol. The fraction of sp³-hybridized carbons (Fsp3) is 0.647. The standard InChI is InChI=1S/C17H29NO/c1-7-16(18-6)13(3)19-15-11-9-14(10-12-15)17(4,5)8-2/h9-13,16,18H,7-8H2,1-6H3. The Bertz CT molecular complexity index is 365. The molecule has 19 heavy (non-hydrogen) atoms. The molecule has 2 unspecified atom stereocenters. The van der Waals surface area contributed by atoms with Gasteiger partial charge in [0.05, 0.1) is 0 Å². The van der Waals surface area contributed by atoms with E-state index in [1.54, 1.807) is 0 Å². The summed E-state index contributed by atoms with van der Waals surface area (Å²) in [5.41, 5.74) is 1.61. The van der Waals surface area contributed by atoms with Crippen LogP contribution >= 0.6 is 0 Å². The highest BCUT2D eigenvalue weighted by atomic mass is 16.5. The van der Waals surface area contributed by atoms with Crippen molar-refractivity contribution >= 4 is 0 Å². The van der Waals surface area contributed by atoms with Gasteiger partial charge in [0, 0.05) is 6.04 Å². The summed E-state index contributed by atoms with van der Waals surface area (Å²) in [6.07, 6.45) is 2.39. The lowest BCUT2D eigenvalue weighted by Crippen LogP contribution is -2.38. The number of ether oxygens (including phenoxy) is 1. The minimum atomic E-state index is 0.181. The number of benzene rings is 1. The number of hydrogen-bond acceptors (Lipinski definition) is 2. The summed E-state index contributed by atoms with van der Waals surface area (Å²) in [4.78, 5) is 0. The van der Waals surface area contributed by atoms with E-state index < -0.39 is 0 Å². The van der Waals surface area contributed by atoms with Crippen LogP contribution in [-0.4, -0.2) is 19.2 Å². The lowest BCUT2D eigenvalue weighted by molar-refractivity contribution is 0.172. The van der Waals surface area contributed by atoms with E-state index in [0.717, 1.165) is 18.6 Å². The van der Waals surface area contributed by atoms with E-state index in [-0.39, 0.29) is 11.5 Å². The topological polar surface area (TPSA) is 21.3 Å². The van der Waals surface area contributed by atoms with Gasteiger partial charge in [-0.1, -0.05) is 39.8 Å². The minimum absolute atomic E-state index is 0.181. The third-order valence-corrected chi connectivity index (χ3v) is 4.22. The zero-order chi connectivity index (χ0) is 14.5. The molecular weight excluding hydrogens is 234 g/mol. The highest BCUT2D eigenvalue weighted by molar-refractivity contribution is 5.31. The summed E-state index contributed by atoms with van der Waals surface area (Å²) in [7, 11) is 1.99. The first-order chi connectivity index (χ1) is 8.94. The average Bonchev–Trinajstić information content (AvgIpc) is 2.40. The van der Waals surface area contributed by atoms with Gasteiger partial charge in [0.2, 0.25) is 0 Å². The van der Waals surface area contributed by atoms with Gasteiger partial charge in [-0.25, -0.2) is 0 Å². The summed E-state index contributed by atoms with van der Waals surface area (Å²) in [5, 5.41) is 3.29. The molecule has 2 heteroatoms. The third kappa shape index (κ3) is 4.24. The van der Waals surface area contributed by atoms with Crippen LogP contribution in [0.2, 0.25) is 0 Å². The number of hydrogen-bond donors (Lipinski definition) is 1. The van der Waals surface area contributed by atoms with Crippen LogP contribution in [0.25, 0.3) is 0 Å². The van der Waals surface area contributed by atoms with Gasteiger partial charge >= 0.3 is 0 Å². The Labute approximate surface area is 118 Å². The summed E-state index contributed by atoms with van der Waals surface area (Å²) < 4.78 is 6.00. The Morgan fingerprint density at radius 1 is 1.16 bits per heavy atom. The van der Waals surface area contributed by atoms with Gasteiger partial charge in [-0.05, 0) is 49.9 Å². The van der Waals surface area contributed by atoms with E-state index in [1.165, 1.54) is 5.56 Å². The fourth-order valence-corrected chi connectivity index (χ4v) is 2.26. The second-order valence-electron chi connectivity index (χ2n) is 5.89. The molecule has 0 spiro atoms. The predicted octanol–water partition coefficient (Wildman–Crippen LogP) is 4.14. The van der Waals surface area contributed by atoms with E-state index in [0.29, 0.717) is 6.04 Å². The van der Waals surface area contributed by atoms with Crippen molar-refractivity contribution in [2.45, 2.75) is 65.0 Å². The van der Waals surface area contributed by atoms with Crippen molar-refractivity contribution in [2.24, 2.45) is 0 Å². The maximum absolute atomic E-state index is 6.00. The van der Waals surface area contributed by atoms with E-state index in [1.807, 2.05) is 7.05 Å². The molecule has 1 N–H and O–H groups in total. The molecule has 0 aliphatic heterocycles. The lowest BCUT2D eigenvalue weighted by atomic mass is 9.82. The first kappa shape index (κ1) is 16.0. The Kier molecular flexibility index (Phi) is 5.86. The number of rotatable bonds is 7. The first-order valence-corrected chi connectivity index (χ1v) is 7.39. The summed E-state index contributed by atoms with van der Waals surface area (Å²) in [6, 6.07) is 8.95. The molecule has 0 aromatic heterocycles. The average molecular weight is 263 g/mol. The summed E-state index contributed by atoms with van der Waals surface area (Å²) in [5.74, 6) is 0.955. The molecule has 0 amide bonds. The fourth-order valence-electron chi connectivity index (χ4n) is 2.26. The van der Waals surface area contributed by atoms with E-state index in [2.05, 4.69) is 64.2 Å². The van der Waals surface area contributed by atoms with Gasteiger partial charge in [0.1, 0.15) is 11.9 Å². The molecule has 0 aliphatic rings. The largest absolute Gasteiger partial charge is 0.489 e. The van der Waals surface area contributed by atoms with Crippen LogP contribution < -0.4 is 10.1 Å². The van der Waals surface area contributed by atoms with Gasteiger partial charge in [-0.15, -0.1) is 0 Å². The Morgan fingerprint density at radius 2 is 1.74 bits per heavy atom. The molecule has 2 nitrogen and oxygen atoms in total. The second-order valence-corrected chi connectivity index (χ2v) is 5.89. The van der Waals surface area contributed by atoms with Crippen molar-refractivity contribution in [1.29, 1.82) is 0 Å². The van der Waals surface area contributed by atoms with Crippen LogP contribution in [-0.2, 0) is 5.41 Å². The smallest absolute Gasteiger partial charge is 0.119 e. The molecule has 0 saturated heterocycles. The van der Waals surface area contributed by atoms with Crippen LogP contribution in [0.5, 0.6) is 5.75 Å². The molecule has 1 aromatic carbocycles. The van der Waals surface area contributed by atoms with Gasteiger partial charge in [-0.2, -0.15) is 0 Å². The molecule has 0 fully saturated rings. The zero-order valence-corrected chi connectivity index (χ0v) is 13.3. The SMILES string of the molecule is CCC(NC)C(C)Oc1ccc(C(C)(C)CC)cc1. The molecule has 0 radical (unpaired) electrons. The van der Waals surface area contributed by atoms with Gasteiger partial charge in [0.25, 0.3) is 0 Å². The lowest BCUT2D eigenvalue weighted by Gasteiger charge is -2.25. The van der Waals surface area contributed by atoms with Crippen molar-refractivity contribution in [1.82, 2.24) is 5.32 Å². The van der Waals surface area contributed by atoms with Crippen LogP contribution in [0.15, 0.2) is 24.3 Å². The molecular formula is C17H29NO. The van der Waals surface area contributed by atoms with Crippen LogP contribution in [0, 0.1) is 0 Å². The molecule has 2 atom stereocenters. The van der Waals surface area contributed by atoms with Crippen molar-refractivity contribution < 1.29 is 4.74 Å². The highest BCUT2D eigenvalue weighted by Crippen LogP contribution is 2.28. The van der Waals surface area contributed by atoms with Crippen LogP contribution in [0.1, 0.15) is 53.0 Å². The van der Waals surface area contributed by atoms with E-state index in [4.69, 9.17) is 4.74 Å². The van der Waals surface area contributed by atoms with Crippen molar-refractivity contribution in [2.75, 3.05) is 7.05 Å². The van der Waals surface area contributed by atoms with Crippen LogP contribution in [0.4, 0.5) is 0 Å². The molecule has 0 heterocycles. The predicted molar refractivity (Wildman–Crippen MR) is 83.0 cm³/mol.